The van der Waals surface area contributed by atoms with Crippen LogP contribution < -0.4 is 9.47 Å². The van der Waals surface area contributed by atoms with Crippen molar-refractivity contribution in [3.63, 3.8) is 0 Å². The molecule has 2 aromatic rings. The third-order valence-electron chi connectivity index (χ3n) is 2.74. The summed E-state index contributed by atoms with van der Waals surface area (Å²) in [6.07, 6.45) is 3.90. The number of aromatic nitrogens is 1. The Balaban J connectivity index is 2.84. The highest BCUT2D eigenvalue weighted by molar-refractivity contribution is 7.98. The van der Waals surface area contributed by atoms with Crippen molar-refractivity contribution in [2.24, 2.45) is 0 Å². The van der Waals surface area contributed by atoms with Crippen LogP contribution in [0.25, 0.3) is 10.8 Å². The topological polar surface area (TPSA) is 31.4 Å². The van der Waals surface area contributed by atoms with Crippen LogP contribution in [0, 0.1) is 6.92 Å². The highest BCUT2D eigenvalue weighted by Crippen LogP contribution is 2.36. The van der Waals surface area contributed by atoms with Gasteiger partial charge < -0.3 is 9.47 Å². The van der Waals surface area contributed by atoms with Gasteiger partial charge in [0.1, 0.15) is 11.5 Å². The molecule has 0 N–H and O–H groups in total. The number of rotatable bonds is 3. The first-order valence-electron chi connectivity index (χ1n) is 5.26. The lowest BCUT2D eigenvalue weighted by Gasteiger charge is -2.12. The van der Waals surface area contributed by atoms with E-state index in [4.69, 9.17) is 9.47 Å². The molecule has 0 unspecified atom stereocenters. The number of thioether (sulfide) groups is 1. The van der Waals surface area contributed by atoms with Crippen LogP contribution in [0.5, 0.6) is 11.5 Å². The predicted molar refractivity (Wildman–Crippen MR) is 71.4 cm³/mol. The van der Waals surface area contributed by atoms with E-state index in [1.165, 1.54) is 4.90 Å². The van der Waals surface area contributed by atoms with Gasteiger partial charge in [0.2, 0.25) is 0 Å². The van der Waals surface area contributed by atoms with Gasteiger partial charge in [-0.2, -0.15) is 0 Å². The number of fused-ring (bicyclic) bond motifs is 1. The van der Waals surface area contributed by atoms with Gasteiger partial charge in [-0.3, -0.25) is 4.98 Å². The second kappa shape index (κ2) is 4.84. The van der Waals surface area contributed by atoms with Crippen LogP contribution in [0.4, 0.5) is 0 Å². The van der Waals surface area contributed by atoms with Gasteiger partial charge in [-0.05, 0) is 19.2 Å². The summed E-state index contributed by atoms with van der Waals surface area (Å²) in [6, 6.07) is 3.90. The molecule has 3 nitrogen and oxygen atoms in total. The van der Waals surface area contributed by atoms with Crippen molar-refractivity contribution in [2.75, 3.05) is 20.5 Å². The van der Waals surface area contributed by atoms with E-state index in [0.717, 1.165) is 28.0 Å². The molecule has 0 fully saturated rings. The molecule has 2 rings (SSSR count). The molecule has 0 saturated heterocycles. The number of nitrogens with zero attached hydrogens (tertiary/aromatic N) is 1. The monoisotopic (exact) mass is 249 g/mol. The van der Waals surface area contributed by atoms with E-state index in [9.17, 15) is 0 Å². The number of hydrogen-bond acceptors (Lipinski definition) is 4. The van der Waals surface area contributed by atoms with Gasteiger partial charge >= 0.3 is 0 Å². The lowest BCUT2D eigenvalue weighted by molar-refractivity contribution is 0.398. The minimum absolute atomic E-state index is 0.794. The molecule has 0 aliphatic heterocycles. The van der Waals surface area contributed by atoms with Crippen molar-refractivity contribution in [2.45, 2.75) is 11.8 Å². The standard InChI is InChI=1S/C13H15NO2S/c1-8-13(17-4)10-5-9(15-2)6-12(16-3)11(10)7-14-8/h5-7H,1-4H3. The third-order valence-corrected chi connectivity index (χ3v) is 3.66. The molecule has 1 aromatic carbocycles. The largest absolute Gasteiger partial charge is 0.497 e. The molecule has 1 heterocycles. The molecule has 4 heteroatoms. The molecule has 0 bridgehead atoms. The van der Waals surface area contributed by atoms with Gasteiger partial charge in [-0.15, -0.1) is 11.8 Å². The quantitative estimate of drug-likeness (QED) is 0.781. The zero-order valence-corrected chi connectivity index (χ0v) is 11.2. The minimum Gasteiger partial charge on any atom is -0.497 e. The van der Waals surface area contributed by atoms with E-state index in [-0.39, 0.29) is 0 Å². The van der Waals surface area contributed by atoms with Crippen LogP contribution in [-0.2, 0) is 0 Å². The molecule has 0 aliphatic rings. The molecule has 0 atom stereocenters. The number of methoxy groups -OCH3 is 2. The van der Waals surface area contributed by atoms with Gasteiger partial charge in [0, 0.05) is 27.9 Å². The summed E-state index contributed by atoms with van der Waals surface area (Å²) in [7, 11) is 3.32. The normalized spacial score (nSPS) is 10.6. The Hall–Kier alpha value is -1.42. The highest BCUT2D eigenvalue weighted by Gasteiger charge is 2.11. The van der Waals surface area contributed by atoms with E-state index in [0.29, 0.717) is 0 Å². The fraction of sp³-hybridized carbons (Fsp3) is 0.308. The van der Waals surface area contributed by atoms with Crippen molar-refractivity contribution in [1.29, 1.82) is 0 Å². The zero-order chi connectivity index (χ0) is 12.4. The summed E-state index contributed by atoms with van der Waals surface area (Å²) in [5.74, 6) is 1.59. The van der Waals surface area contributed by atoms with Crippen molar-refractivity contribution < 1.29 is 9.47 Å². The maximum atomic E-state index is 5.38. The molecule has 0 amide bonds. The molecule has 17 heavy (non-hydrogen) atoms. The molecule has 0 saturated carbocycles. The highest BCUT2D eigenvalue weighted by atomic mass is 32.2. The fourth-order valence-electron chi connectivity index (χ4n) is 1.88. The van der Waals surface area contributed by atoms with Crippen LogP contribution in [0.15, 0.2) is 23.2 Å². The van der Waals surface area contributed by atoms with Crippen LogP contribution in [0.2, 0.25) is 0 Å². The smallest absolute Gasteiger partial charge is 0.131 e. The summed E-state index contributed by atoms with van der Waals surface area (Å²) in [5, 5.41) is 2.14. The summed E-state index contributed by atoms with van der Waals surface area (Å²) < 4.78 is 10.7. The van der Waals surface area contributed by atoms with Gasteiger partial charge in [0.15, 0.2) is 0 Å². The first-order valence-corrected chi connectivity index (χ1v) is 6.49. The number of hydrogen-bond donors (Lipinski definition) is 0. The number of pyridine rings is 1. The summed E-state index contributed by atoms with van der Waals surface area (Å²) in [4.78, 5) is 5.57. The molecule has 1 aromatic heterocycles. The average Bonchev–Trinajstić information content (AvgIpc) is 2.37. The predicted octanol–water partition coefficient (Wildman–Crippen LogP) is 3.28. The lowest BCUT2D eigenvalue weighted by atomic mass is 10.1. The van der Waals surface area contributed by atoms with Gasteiger partial charge in [-0.1, -0.05) is 0 Å². The van der Waals surface area contributed by atoms with Crippen molar-refractivity contribution in [3.8, 4) is 11.5 Å². The first kappa shape index (κ1) is 12.0. The Morgan fingerprint density at radius 2 is 1.88 bits per heavy atom. The molecule has 90 valence electrons. The Morgan fingerprint density at radius 3 is 2.47 bits per heavy atom. The van der Waals surface area contributed by atoms with Crippen LogP contribution in [0.3, 0.4) is 0 Å². The second-order valence-corrected chi connectivity index (χ2v) is 4.48. The van der Waals surface area contributed by atoms with Crippen LogP contribution in [0.1, 0.15) is 5.69 Å². The van der Waals surface area contributed by atoms with Crippen molar-refractivity contribution in [1.82, 2.24) is 4.98 Å². The Morgan fingerprint density at radius 1 is 1.12 bits per heavy atom. The number of aryl methyl sites for hydroxylation is 1. The Labute approximate surface area is 105 Å². The first-order chi connectivity index (χ1) is 8.21. The summed E-state index contributed by atoms with van der Waals surface area (Å²) in [5.41, 5.74) is 1.03. The molecular weight excluding hydrogens is 234 g/mol. The van der Waals surface area contributed by atoms with Crippen molar-refractivity contribution in [3.05, 3.63) is 24.0 Å². The molecule has 0 spiro atoms. The third kappa shape index (κ3) is 2.05. The van der Waals surface area contributed by atoms with E-state index in [1.807, 2.05) is 25.3 Å². The SMILES string of the molecule is COc1cc(OC)c2cnc(C)c(SC)c2c1. The summed E-state index contributed by atoms with van der Waals surface area (Å²) in [6.45, 7) is 2.01. The zero-order valence-electron chi connectivity index (χ0n) is 10.4. The van der Waals surface area contributed by atoms with E-state index in [1.54, 1.807) is 26.0 Å². The van der Waals surface area contributed by atoms with E-state index in [2.05, 4.69) is 11.2 Å². The van der Waals surface area contributed by atoms with Gasteiger partial charge in [0.25, 0.3) is 0 Å². The number of benzene rings is 1. The van der Waals surface area contributed by atoms with Gasteiger partial charge in [0.05, 0.1) is 19.9 Å². The summed E-state index contributed by atoms with van der Waals surface area (Å²) >= 11 is 1.69. The number of ether oxygens (including phenoxy) is 2. The maximum absolute atomic E-state index is 5.38. The maximum Gasteiger partial charge on any atom is 0.131 e. The second-order valence-electron chi connectivity index (χ2n) is 3.67. The van der Waals surface area contributed by atoms with Crippen LogP contribution >= 0.6 is 11.8 Å². The minimum atomic E-state index is 0.794. The average molecular weight is 249 g/mol. The van der Waals surface area contributed by atoms with Gasteiger partial charge in [-0.25, -0.2) is 0 Å². The molecule has 0 aliphatic carbocycles. The molecule has 0 radical (unpaired) electrons. The molecular formula is C13H15NO2S. The Kier molecular flexibility index (Phi) is 3.43. The fourth-order valence-corrected chi connectivity index (χ4v) is 2.62. The van der Waals surface area contributed by atoms with Crippen molar-refractivity contribution >= 4 is 22.5 Å². The Bertz CT molecular complexity index is 555. The lowest BCUT2D eigenvalue weighted by Crippen LogP contribution is -1.93. The van der Waals surface area contributed by atoms with Crippen LogP contribution in [-0.4, -0.2) is 25.5 Å². The van der Waals surface area contributed by atoms with E-state index < -0.39 is 0 Å². The van der Waals surface area contributed by atoms with E-state index >= 15 is 0 Å².